The summed E-state index contributed by atoms with van der Waals surface area (Å²) in [5.74, 6) is -3.49. The van der Waals surface area contributed by atoms with Crippen LogP contribution in [0.4, 0.5) is 0 Å². The molecule has 4 unspecified atom stereocenters. The highest BCUT2D eigenvalue weighted by Gasteiger charge is 2.30. The van der Waals surface area contributed by atoms with Crippen LogP contribution in [0, 0.1) is 0 Å². The molecule has 11 N–H and O–H groups in total. The van der Waals surface area contributed by atoms with E-state index in [0.717, 1.165) is 5.56 Å². The van der Waals surface area contributed by atoms with Crippen LogP contribution in [0.1, 0.15) is 24.1 Å². The topological polar surface area (TPSA) is 244 Å². The van der Waals surface area contributed by atoms with E-state index in [1.807, 2.05) is 30.3 Å². The first-order chi connectivity index (χ1) is 18.6. The Kier molecular flexibility index (Phi) is 12.8. The van der Waals surface area contributed by atoms with Crippen molar-refractivity contribution in [2.45, 2.75) is 49.9 Å². The van der Waals surface area contributed by atoms with Gasteiger partial charge in [-0.1, -0.05) is 30.3 Å². The predicted molar refractivity (Wildman–Crippen MR) is 148 cm³/mol. The van der Waals surface area contributed by atoms with Gasteiger partial charge in [0.05, 0.1) is 12.4 Å². The molecule has 4 atom stereocenters. The Bertz CT molecular complexity index is 1110. The molecule has 3 amide bonds. The van der Waals surface area contributed by atoms with Gasteiger partial charge in [-0.25, -0.2) is 9.78 Å². The Morgan fingerprint density at radius 2 is 1.62 bits per heavy atom. The number of rotatable bonds is 16. The first-order valence-electron chi connectivity index (χ1n) is 12.2. The normalized spacial score (nSPS) is 13.8. The zero-order valence-electron chi connectivity index (χ0n) is 21.2. The molecule has 15 heteroatoms. The maximum Gasteiger partial charge on any atom is 0.326 e. The summed E-state index contributed by atoms with van der Waals surface area (Å²) in [7, 11) is 0. The van der Waals surface area contributed by atoms with Crippen molar-refractivity contribution in [1.82, 2.24) is 25.9 Å². The van der Waals surface area contributed by atoms with Crippen molar-refractivity contribution >= 4 is 42.3 Å². The van der Waals surface area contributed by atoms with Gasteiger partial charge >= 0.3 is 5.97 Å². The quantitative estimate of drug-likeness (QED) is 0.0477. The molecule has 1 aromatic heterocycles. The van der Waals surface area contributed by atoms with Crippen LogP contribution in [-0.2, 0) is 32.0 Å². The number of nitrogens with two attached hydrogens (primary N) is 3. The third-order valence-electron chi connectivity index (χ3n) is 5.62. The SMILES string of the molecule is NC(N)=NCCCC(NC(=O)C(N)Cc1ccccc1)C(=O)NC(CS)C(=O)NC(Cc1cnc[nH]1)C(=O)O. The molecule has 2 aromatic rings. The number of imidazole rings is 1. The third kappa shape index (κ3) is 11.0. The van der Waals surface area contributed by atoms with E-state index in [2.05, 4.69) is 43.5 Å². The van der Waals surface area contributed by atoms with Gasteiger partial charge in [0.15, 0.2) is 5.96 Å². The number of aromatic amines is 1. The third-order valence-corrected chi connectivity index (χ3v) is 5.99. The largest absolute Gasteiger partial charge is 0.480 e. The number of carboxylic acids is 1. The summed E-state index contributed by atoms with van der Waals surface area (Å²) in [6.07, 6.45) is 3.52. The smallest absolute Gasteiger partial charge is 0.326 e. The van der Waals surface area contributed by atoms with Crippen molar-refractivity contribution in [3.63, 3.8) is 0 Å². The van der Waals surface area contributed by atoms with E-state index in [-0.39, 0.29) is 37.5 Å². The van der Waals surface area contributed by atoms with E-state index in [9.17, 15) is 24.3 Å². The number of thiol groups is 1. The van der Waals surface area contributed by atoms with Crippen LogP contribution in [-0.4, -0.2) is 81.2 Å². The Labute approximate surface area is 231 Å². The van der Waals surface area contributed by atoms with E-state index in [4.69, 9.17) is 17.2 Å². The maximum atomic E-state index is 13.1. The number of nitrogens with one attached hydrogen (secondary N) is 4. The number of hydrogen-bond donors (Lipinski definition) is 9. The van der Waals surface area contributed by atoms with Gasteiger partial charge in [0.25, 0.3) is 0 Å². The first-order valence-corrected chi connectivity index (χ1v) is 12.8. The Morgan fingerprint density at radius 3 is 2.21 bits per heavy atom. The van der Waals surface area contributed by atoms with Crippen molar-refractivity contribution in [2.75, 3.05) is 12.3 Å². The average molecular weight is 562 g/mol. The van der Waals surface area contributed by atoms with E-state index < -0.39 is 47.9 Å². The number of carbonyl (C=O) groups excluding carboxylic acids is 3. The average Bonchev–Trinajstić information content (AvgIpc) is 3.41. The van der Waals surface area contributed by atoms with Crippen LogP contribution in [0.5, 0.6) is 0 Å². The number of benzene rings is 1. The van der Waals surface area contributed by atoms with Gasteiger partial charge in [0.2, 0.25) is 17.7 Å². The highest BCUT2D eigenvalue weighted by molar-refractivity contribution is 7.80. The number of amides is 3. The molecular formula is C24H35N9O5S. The molecule has 0 aliphatic rings. The lowest BCUT2D eigenvalue weighted by Gasteiger charge is -2.24. The fourth-order valence-electron chi connectivity index (χ4n) is 3.57. The molecule has 0 fully saturated rings. The van der Waals surface area contributed by atoms with E-state index in [1.165, 1.54) is 12.5 Å². The summed E-state index contributed by atoms with van der Waals surface area (Å²) >= 11 is 4.14. The number of carboxylic acid groups (broad SMARTS) is 1. The summed E-state index contributed by atoms with van der Waals surface area (Å²) in [6, 6.07) is 4.71. The Morgan fingerprint density at radius 1 is 0.974 bits per heavy atom. The zero-order valence-corrected chi connectivity index (χ0v) is 22.1. The number of nitrogens with zero attached hydrogens (tertiary/aromatic N) is 2. The lowest BCUT2D eigenvalue weighted by Crippen LogP contribution is -2.58. The van der Waals surface area contributed by atoms with Crippen molar-refractivity contribution in [3.8, 4) is 0 Å². The van der Waals surface area contributed by atoms with Crippen LogP contribution in [0.25, 0.3) is 0 Å². The fourth-order valence-corrected chi connectivity index (χ4v) is 3.82. The summed E-state index contributed by atoms with van der Waals surface area (Å²) in [5, 5.41) is 17.1. The fraction of sp³-hybridized carbons (Fsp3) is 0.417. The molecule has 39 heavy (non-hydrogen) atoms. The zero-order chi connectivity index (χ0) is 28.8. The van der Waals surface area contributed by atoms with Gasteiger partial charge in [-0.3, -0.25) is 19.4 Å². The molecule has 1 heterocycles. The van der Waals surface area contributed by atoms with Crippen LogP contribution in [0.2, 0.25) is 0 Å². The van der Waals surface area contributed by atoms with Gasteiger partial charge in [0, 0.05) is 30.6 Å². The highest BCUT2D eigenvalue weighted by Crippen LogP contribution is 2.06. The summed E-state index contributed by atoms with van der Waals surface area (Å²) in [6.45, 7) is 0.211. The van der Waals surface area contributed by atoms with Gasteiger partial charge in [-0.2, -0.15) is 12.6 Å². The maximum absolute atomic E-state index is 13.1. The van der Waals surface area contributed by atoms with Crippen LogP contribution in [0.15, 0.2) is 47.8 Å². The number of aromatic nitrogens is 2. The van der Waals surface area contributed by atoms with Crippen LogP contribution < -0.4 is 33.2 Å². The summed E-state index contributed by atoms with van der Waals surface area (Å²) < 4.78 is 0. The lowest BCUT2D eigenvalue weighted by atomic mass is 10.0. The Hall–Kier alpha value is -4.11. The molecule has 0 saturated heterocycles. The molecule has 0 bridgehead atoms. The molecule has 1 aromatic carbocycles. The Balaban J connectivity index is 2.06. The molecule has 212 valence electrons. The van der Waals surface area contributed by atoms with E-state index >= 15 is 0 Å². The lowest BCUT2D eigenvalue weighted by molar-refractivity contribution is -0.142. The van der Waals surface area contributed by atoms with E-state index in [0.29, 0.717) is 12.1 Å². The molecule has 0 aliphatic heterocycles. The van der Waals surface area contributed by atoms with Gasteiger partial charge < -0.3 is 43.2 Å². The number of carbonyl (C=O) groups is 4. The minimum atomic E-state index is -1.27. The standard InChI is InChI=1S/C24H35N9O5S/c25-16(9-14-5-2-1-3-6-14)20(34)31-17(7-4-8-29-24(26)27)21(35)33-19(12-39)22(36)32-18(23(37)38)10-15-11-28-13-30-15/h1-3,5-6,11,13,16-19,39H,4,7-10,12,25H2,(H,28,30)(H,31,34)(H,32,36)(H,33,35)(H,37,38)(H4,26,27,29). The van der Waals surface area contributed by atoms with Crippen LogP contribution >= 0.6 is 12.6 Å². The molecule has 2 rings (SSSR count). The van der Waals surface area contributed by atoms with Crippen molar-refractivity contribution < 1.29 is 24.3 Å². The van der Waals surface area contributed by atoms with Gasteiger partial charge in [-0.05, 0) is 24.8 Å². The molecule has 0 spiro atoms. The molecule has 0 radical (unpaired) electrons. The monoisotopic (exact) mass is 561 g/mol. The molecule has 14 nitrogen and oxygen atoms in total. The van der Waals surface area contributed by atoms with Crippen molar-refractivity contribution in [2.24, 2.45) is 22.2 Å². The second-order valence-corrected chi connectivity index (χ2v) is 9.10. The number of aliphatic imine (C=N–C) groups is 1. The predicted octanol–water partition coefficient (Wildman–Crippen LogP) is -1.96. The second kappa shape index (κ2) is 16.0. The molecule has 0 aliphatic carbocycles. The second-order valence-electron chi connectivity index (χ2n) is 8.73. The number of H-pyrrole nitrogens is 1. The highest BCUT2D eigenvalue weighted by atomic mass is 32.1. The van der Waals surface area contributed by atoms with E-state index in [1.54, 1.807) is 0 Å². The number of hydrogen-bond acceptors (Lipinski definition) is 8. The van der Waals surface area contributed by atoms with Gasteiger partial charge in [-0.15, -0.1) is 0 Å². The van der Waals surface area contributed by atoms with Crippen LogP contribution in [0.3, 0.4) is 0 Å². The first kappa shape index (κ1) is 31.1. The molecular weight excluding hydrogens is 526 g/mol. The minimum Gasteiger partial charge on any atom is -0.480 e. The minimum absolute atomic E-state index is 0.0446. The summed E-state index contributed by atoms with van der Waals surface area (Å²) in [4.78, 5) is 60.9. The molecule has 0 saturated carbocycles. The van der Waals surface area contributed by atoms with Gasteiger partial charge in [0.1, 0.15) is 18.1 Å². The summed E-state index contributed by atoms with van der Waals surface area (Å²) in [5.41, 5.74) is 18.1. The van der Waals surface area contributed by atoms with Crippen molar-refractivity contribution in [3.05, 3.63) is 54.1 Å². The number of aliphatic carboxylic acids is 1. The number of guanidine groups is 1. The van der Waals surface area contributed by atoms with Crippen molar-refractivity contribution in [1.29, 1.82) is 0 Å².